The molecule has 0 aromatic heterocycles. The quantitative estimate of drug-likeness (QED) is 0.565. The van der Waals surface area contributed by atoms with Gasteiger partial charge in [-0.1, -0.05) is 0 Å². The molecule has 0 aromatic carbocycles. The molecule has 0 unspecified atom stereocenters. The highest BCUT2D eigenvalue weighted by Gasteiger charge is 2.33. The zero-order valence-corrected chi connectivity index (χ0v) is 8.40. The summed E-state index contributed by atoms with van der Waals surface area (Å²) in [6.07, 6.45) is 0. The third-order valence-corrected chi connectivity index (χ3v) is 1.67. The molecular formula is C5H5Br2NO2. The van der Waals surface area contributed by atoms with Crippen LogP contribution in [0.1, 0.15) is 6.92 Å². The maximum absolute atomic E-state index is 10.8. The summed E-state index contributed by atoms with van der Waals surface area (Å²) in [5, 5.41) is 8.35. The SMILES string of the molecule is CCOC(=O)C(Br)(Br)C#N. The van der Waals surface area contributed by atoms with Gasteiger partial charge in [0.2, 0.25) is 0 Å². The molecule has 3 nitrogen and oxygen atoms in total. The molecule has 0 fully saturated rings. The van der Waals surface area contributed by atoms with Crippen molar-refractivity contribution in [2.75, 3.05) is 6.61 Å². The van der Waals surface area contributed by atoms with E-state index in [1.54, 1.807) is 13.0 Å². The molecule has 0 spiro atoms. The lowest BCUT2D eigenvalue weighted by Crippen LogP contribution is -2.25. The largest absolute Gasteiger partial charge is 0.464 e. The molecule has 10 heavy (non-hydrogen) atoms. The van der Waals surface area contributed by atoms with Crippen LogP contribution in [0.2, 0.25) is 0 Å². The molecule has 0 aliphatic carbocycles. The third kappa shape index (κ3) is 2.67. The van der Waals surface area contributed by atoms with E-state index < -0.39 is 9.20 Å². The van der Waals surface area contributed by atoms with Gasteiger partial charge in [-0.3, -0.25) is 0 Å². The minimum Gasteiger partial charge on any atom is -0.464 e. The van der Waals surface area contributed by atoms with E-state index in [-0.39, 0.29) is 6.61 Å². The van der Waals surface area contributed by atoms with Crippen molar-refractivity contribution >= 4 is 37.8 Å². The summed E-state index contributed by atoms with van der Waals surface area (Å²) in [5.74, 6) is -0.627. The number of carbonyl (C=O) groups excluding carboxylic acids is 1. The van der Waals surface area contributed by atoms with E-state index in [0.717, 1.165) is 0 Å². The van der Waals surface area contributed by atoms with E-state index >= 15 is 0 Å². The molecule has 0 saturated heterocycles. The van der Waals surface area contributed by atoms with Crippen LogP contribution >= 0.6 is 31.9 Å². The molecule has 0 N–H and O–H groups in total. The topological polar surface area (TPSA) is 50.1 Å². The molecule has 0 saturated carbocycles. The average Bonchev–Trinajstić information content (AvgIpc) is 1.89. The fraction of sp³-hybridized carbons (Fsp3) is 0.600. The second-order valence-electron chi connectivity index (χ2n) is 1.41. The summed E-state index contributed by atoms with van der Waals surface area (Å²) in [6.45, 7) is 1.94. The van der Waals surface area contributed by atoms with Crippen LogP contribution in [-0.2, 0) is 9.53 Å². The Morgan fingerprint density at radius 3 is 2.60 bits per heavy atom. The third-order valence-electron chi connectivity index (χ3n) is 0.672. The van der Waals surface area contributed by atoms with Crippen LogP contribution in [-0.4, -0.2) is 15.8 Å². The van der Waals surface area contributed by atoms with Crippen LogP contribution < -0.4 is 0 Å². The van der Waals surface area contributed by atoms with E-state index in [0.29, 0.717) is 0 Å². The fourth-order valence-electron chi connectivity index (χ4n) is 0.267. The lowest BCUT2D eigenvalue weighted by molar-refractivity contribution is -0.141. The number of halogens is 2. The van der Waals surface area contributed by atoms with E-state index in [1.165, 1.54) is 0 Å². The zero-order valence-electron chi connectivity index (χ0n) is 5.23. The van der Waals surface area contributed by atoms with Gasteiger partial charge in [0.05, 0.1) is 6.61 Å². The number of ether oxygens (including phenoxy) is 1. The van der Waals surface area contributed by atoms with E-state index in [4.69, 9.17) is 5.26 Å². The molecule has 0 radical (unpaired) electrons. The normalized spacial score (nSPS) is 10.2. The molecule has 5 heteroatoms. The molecule has 56 valence electrons. The highest BCUT2D eigenvalue weighted by molar-refractivity contribution is 9.26. The highest BCUT2D eigenvalue weighted by Crippen LogP contribution is 2.26. The standard InChI is InChI=1S/C5H5Br2NO2/c1-2-10-4(9)5(6,7)3-8/h2H2,1H3. The Hall–Kier alpha value is -0.0800. The van der Waals surface area contributed by atoms with Gasteiger partial charge in [-0.2, -0.15) is 5.26 Å². The Labute approximate surface area is 75.6 Å². The summed E-state index contributed by atoms with van der Waals surface area (Å²) in [6, 6.07) is 1.68. The summed E-state index contributed by atoms with van der Waals surface area (Å²) < 4.78 is 3.16. The first-order valence-corrected chi connectivity index (χ1v) is 4.09. The number of nitriles is 1. The van der Waals surface area contributed by atoms with Gasteiger partial charge in [-0.25, -0.2) is 4.79 Å². The van der Waals surface area contributed by atoms with Crippen molar-refractivity contribution < 1.29 is 9.53 Å². The summed E-state index contributed by atoms with van der Waals surface area (Å²) >= 11 is 5.66. The van der Waals surface area contributed by atoms with Crippen LogP contribution in [0.15, 0.2) is 0 Å². The van der Waals surface area contributed by atoms with E-state index in [9.17, 15) is 4.79 Å². The molecule has 0 amide bonds. The second kappa shape index (κ2) is 3.94. The summed E-state index contributed by atoms with van der Waals surface area (Å²) in [7, 11) is 0. The minimum atomic E-state index is -1.38. The lowest BCUT2D eigenvalue weighted by atomic mass is 10.5. The van der Waals surface area contributed by atoms with Crippen molar-refractivity contribution in [1.82, 2.24) is 0 Å². The zero-order chi connectivity index (χ0) is 8.20. The molecule has 0 atom stereocenters. The molecule has 0 aromatic rings. The first-order chi connectivity index (χ1) is 4.54. The van der Waals surface area contributed by atoms with Gasteiger partial charge >= 0.3 is 5.97 Å². The van der Waals surface area contributed by atoms with Crippen LogP contribution in [0, 0.1) is 11.3 Å². The first kappa shape index (κ1) is 9.92. The Kier molecular flexibility index (Phi) is 3.91. The predicted molar refractivity (Wildman–Crippen MR) is 42.8 cm³/mol. The van der Waals surface area contributed by atoms with E-state index in [2.05, 4.69) is 36.6 Å². The number of alkyl halides is 2. The average molecular weight is 271 g/mol. The van der Waals surface area contributed by atoms with Crippen molar-refractivity contribution in [2.24, 2.45) is 0 Å². The maximum atomic E-state index is 10.8. The van der Waals surface area contributed by atoms with Crippen molar-refractivity contribution in [1.29, 1.82) is 5.26 Å². The number of esters is 1. The van der Waals surface area contributed by atoms with Crippen molar-refractivity contribution in [3.05, 3.63) is 0 Å². The Morgan fingerprint density at radius 1 is 1.80 bits per heavy atom. The van der Waals surface area contributed by atoms with Gasteiger partial charge in [0.1, 0.15) is 6.07 Å². The smallest absolute Gasteiger partial charge is 0.348 e. The van der Waals surface area contributed by atoms with Crippen LogP contribution in [0.25, 0.3) is 0 Å². The maximum Gasteiger partial charge on any atom is 0.348 e. The Bertz CT molecular complexity index is 173. The number of carbonyl (C=O) groups is 1. The van der Waals surface area contributed by atoms with Crippen LogP contribution in [0.4, 0.5) is 0 Å². The highest BCUT2D eigenvalue weighted by atomic mass is 79.9. The summed E-state index contributed by atoms with van der Waals surface area (Å²) in [4.78, 5) is 10.8. The molecule has 0 aliphatic heterocycles. The number of hydrogen-bond donors (Lipinski definition) is 0. The van der Waals surface area contributed by atoms with Gasteiger partial charge in [0.15, 0.2) is 0 Å². The number of nitrogens with zero attached hydrogens (tertiary/aromatic N) is 1. The van der Waals surface area contributed by atoms with Crippen LogP contribution in [0.5, 0.6) is 0 Å². The molecule has 0 heterocycles. The Morgan fingerprint density at radius 2 is 2.30 bits per heavy atom. The molecule has 0 aliphatic rings. The first-order valence-electron chi connectivity index (χ1n) is 2.51. The predicted octanol–water partition coefficient (Wildman–Crippen LogP) is 1.56. The van der Waals surface area contributed by atoms with Crippen LogP contribution in [0.3, 0.4) is 0 Å². The fourth-order valence-corrected chi connectivity index (χ4v) is 0.496. The van der Waals surface area contributed by atoms with Crippen molar-refractivity contribution in [3.8, 4) is 6.07 Å². The monoisotopic (exact) mass is 269 g/mol. The second-order valence-corrected chi connectivity index (χ2v) is 4.85. The van der Waals surface area contributed by atoms with Gasteiger partial charge in [0, 0.05) is 0 Å². The number of hydrogen-bond acceptors (Lipinski definition) is 3. The van der Waals surface area contributed by atoms with Gasteiger partial charge in [-0.05, 0) is 38.8 Å². The van der Waals surface area contributed by atoms with E-state index in [1.807, 2.05) is 0 Å². The Balaban J connectivity index is 4.09. The van der Waals surface area contributed by atoms with Gasteiger partial charge in [-0.15, -0.1) is 0 Å². The number of rotatable bonds is 2. The molecular weight excluding hydrogens is 266 g/mol. The molecule has 0 rings (SSSR count). The van der Waals surface area contributed by atoms with Gasteiger partial charge in [0.25, 0.3) is 3.23 Å². The van der Waals surface area contributed by atoms with Gasteiger partial charge < -0.3 is 4.74 Å². The van der Waals surface area contributed by atoms with Crippen molar-refractivity contribution in [2.45, 2.75) is 10.2 Å². The molecule has 0 bridgehead atoms. The summed E-state index contributed by atoms with van der Waals surface area (Å²) in [5.41, 5.74) is 0. The lowest BCUT2D eigenvalue weighted by Gasteiger charge is -2.08. The van der Waals surface area contributed by atoms with Crippen molar-refractivity contribution in [3.63, 3.8) is 0 Å². The minimum absolute atomic E-state index is 0.263.